The summed E-state index contributed by atoms with van der Waals surface area (Å²) in [4.78, 5) is 8.01. The largest absolute Gasteiger partial charge is 0.473 e. The van der Waals surface area contributed by atoms with Crippen molar-refractivity contribution in [3.8, 4) is 5.19 Å². The van der Waals surface area contributed by atoms with Crippen molar-refractivity contribution in [2.24, 2.45) is 0 Å². The molecule has 0 bridgehead atoms. The number of aromatic nitrogens is 1. The Balaban J connectivity index is 1.66. The lowest BCUT2D eigenvalue weighted by Gasteiger charge is -2.26. The van der Waals surface area contributed by atoms with Crippen molar-refractivity contribution < 1.29 is 9.47 Å². The third kappa shape index (κ3) is 3.91. The zero-order chi connectivity index (χ0) is 12.8. The van der Waals surface area contributed by atoms with E-state index in [1.807, 2.05) is 6.92 Å². The molecule has 18 heavy (non-hydrogen) atoms. The number of methoxy groups -OCH3 is 1. The minimum atomic E-state index is 0.748. The summed E-state index contributed by atoms with van der Waals surface area (Å²) in [6.45, 7) is 8.81. The lowest BCUT2D eigenvalue weighted by atomic mass is 10.4. The van der Waals surface area contributed by atoms with E-state index in [-0.39, 0.29) is 0 Å². The van der Waals surface area contributed by atoms with Crippen LogP contribution in [-0.4, -0.2) is 56.4 Å². The first-order valence-corrected chi connectivity index (χ1v) is 7.12. The lowest BCUT2D eigenvalue weighted by Crippen LogP contribution is -2.40. The highest BCUT2D eigenvalue weighted by Gasteiger charge is 2.10. The molecule has 1 aliphatic heterocycles. The van der Waals surface area contributed by atoms with Crippen molar-refractivity contribution in [1.82, 2.24) is 15.2 Å². The number of ether oxygens (including phenoxy) is 2. The maximum Gasteiger partial charge on any atom is 0.273 e. The van der Waals surface area contributed by atoms with Crippen LogP contribution in [0, 0.1) is 6.92 Å². The van der Waals surface area contributed by atoms with Gasteiger partial charge in [0.05, 0.1) is 26.0 Å². The van der Waals surface area contributed by atoms with E-state index in [9.17, 15) is 0 Å². The number of hydrogen-bond acceptors (Lipinski definition) is 6. The van der Waals surface area contributed by atoms with Crippen LogP contribution in [0.1, 0.15) is 10.6 Å². The summed E-state index contributed by atoms with van der Waals surface area (Å²) in [6.07, 6.45) is 0. The molecule has 1 saturated heterocycles. The molecular formula is C12H21N3O2S. The van der Waals surface area contributed by atoms with Gasteiger partial charge in [-0.15, -0.1) is 0 Å². The third-order valence-electron chi connectivity index (χ3n) is 3.04. The van der Waals surface area contributed by atoms with Crippen LogP contribution in [0.15, 0.2) is 0 Å². The van der Waals surface area contributed by atoms with Crippen LogP contribution in [0.5, 0.6) is 5.19 Å². The highest BCUT2D eigenvalue weighted by molar-refractivity contribution is 7.13. The Morgan fingerprint density at radius 3 is 2.89 bits per heavy atom. The lowest BCUT2D eigenvalue weighted by molar-refractivity contribution is 0.0384. The number of rotatable bonds is 6. The third-order valence-corrected chi connectivity index (χ3v) is 4.16. The SMILES string of the molecule is COc1nc(C)c(CNCCN2CCOCC2)s1. The molecule has 0 unspecified atom stereocenters. The molecule has 0 atom stereocenters. The van der Waals surface area contributed by atoms with Gasteiger partial charge in [0.25, 0.3) is 5.19 Å². The van der Waals surface area contributed by atoms with Crippen LogP contribution in [0.2, 0.25) is 0 Å². The van der Waals surface area contributed by atoms with Gasteiger partial charge in [0, 0.05) is 37.6 Å². The topological polar surface area (TPSA) is 46.6 Å². The standard InChI is InChI=1S/C12H21N3O2S/c1-10-11(18-12(14-10)16-2)9-13-3-4-15-5-7-17-8-6-15/h13H,3-9H2,1-2H3. The Morgan fingerprint density at radius 2 is 2.22 bits per heavy atom. The number of morpholine rings is 1. The molecule has 1 N–H and O–H groups in total. The Bertz CT molecular complexity index is 364. The van der Waals surface area contributed by atoms with Crippen molar-refractivity contribution in [3.63, 3.8) is 0 Å². The van der Waals surface area contributed by atoms with Gasteiger partial charge in [-0.05, 0) is 6.92 Å². The van der Waals surface area contributed by atoms with Gasteiger partial charge in [-0.25, -0.2) is 4.98 Å². The summed E-state index contributed by atoms with van der Waals surface area (Å²) < 4.78 is 10.5. The first kappa shape index (κ1) is 13.7. The van der Waals surface area contributed by atoms with Crippen molar-refractivity contribution in [3.05, 3.63) is 10.6 Å². The maximum absolute atomic E-state index is 5.32. The van der Waals surface area contributed by atoms with E-state index < -0.39 is 0 Å². The predicted octanol–water partition coefficient (Wildman–Crippen LogP) is 0.882. The number of nitrogens with zero attached hydrogens (tertiary/aromatic N) is 2. The second kappa shape index (κ2) is 7.04. The van der Waals surface area contributed by atoms with Gasteiger partial charge >= 0.3 is 0 Å². The Kier molecular flexibility index (Phi) is 5.37. The minimum absolute atomic E-state index is 0.748. The van der Waals surface area contributed by atoms with Crippen LogP contribution in [-0.2, 0) is 11.3 Å². The van der Waals surface area contributed by atoms with Crippen LogP contribution in [0.3, 0.4) is 0 Å². The van der Waals surface area contributed by atoms with Gasteiger partial charge < -0.3 is 14.8 Å². The predicted molar refractivity (Wildman–Crippen MR) is 72.4 cm³/mol. The quantitative estimate of drug-likeness (QED) is 0.778. The zero-order valence-corrected chi connectivity index (χ0v) is 11.9. The molecule has 6 heteroatoms. The van der Waals surface area contributed by atoms with Gasteiger partial charge in [-0.1, -0.05) is 11.3 Å². The minimum Gasteiger partial charge on any atom is -0.473 e. The van der Waals surface area contributed by atoms with Crippen molar-refractivity contribution >= 4 is 11.3 Å². The van der Waals surface area contributed by atoms with Gasteiger partial charge in [-0.2, -0.15) is 0 Å². The molecule has 1 fully saturated rings. The molecule has 0 amide bonds. The van der Waals surface area contributed by atoms with Crippen LogP contribution >= 0.6 is 11.3 Å². The highest BCUT2D eigenvalue weighted by atomic mass is 32.1. The molecule has 1 aromatic heterocycles. The van der Waals surface area contributed by atoms with E-state index in [0.29, 0.717) is 0 Å². The molecule has 2 rings (SSSR count). The summed E-state index contributed by atoms with van der Waals surface area (Å²) in [5.74, 6) is 0. The maximum atomic E-state index is 5.32. The van der Waals surface area contributed by atoms with Crippen LogP contribution < -0.4 is 10.1 Å². The number of thiazole rings is 1. The zero-order valence-electron chi connectivity index (χ0n) is 11.1. The van der Waals surface area contributed by atoms with E-state index >= 15 is 0 Å². The Hall–Kier alpha value is -0.690. The average Bonchev–Trinajstić information content (AvgIpc) is 2.77. The van der Waals surface area contributed by atoms with Crippen LogP contribution in [0.25, 0.3) is 0 Å². The molecule has 0 spiro atoms. The molecule has 1 aliphatic rings. The van der Waals surface area contributed by atoms with Crippen molar-refractivity contribution in [2.75, 3.05) is 46.5 Å². The average molecular weight is 271 g/mol. The molecule has 2 heterocycles. The highest BCUT2D eigenvalue weighted by Crippen LogP contribution is 2.23. The molecule has 0 aliphatic carbocycles. The summed E-state index contributed by atoms with van der Waals surface area (Å²) in [6, 6.07) is 0. The Labute approximate surface area is 112 Å². The van der Waals surface area contributed by atoms with E-state index in [1.165, 1.54) is 4.88 Å². The molecule has 5 nitrogen and oxygen atoms in total. The van der Waals surface area contributed by atoms with E-state index in [2.05, 4.69) is 15.2 Å². The summed E-state index contributed by atoms with van der Waals surface area (Å²) in [7, 11) is 1.66. The normalized spacial score (nSPS) is 17.0. The Morgan fingerprint density at radius 1 is 1.44 bits per heavy atom. The summed E-state index contributed by atoms with van der Waals surface area (Å²) >= 11 is 1.62. The fourth-order valence-electron chi connectivity index (χ4n) is 1.92. The van der Waals surface area contributed by atoms with Gasteiger partial charge in [0.1, 0.15) is 0 Å². The monoisotopic (exact) mass is 271 g/mol. The molecule has 0 saturated carbocycles. The smallest absolute Gasteiger partial charge is 0.273 e. The first-order chi connectivity index (χ1) is 8.79. The van der Waals surface area contributed by atoms with Crippen LogP contribution in [0.4, 0.5) is 0 Å². The van der Waals surface area contributed by atoms with E-state index in [4.69, 9.17) is 9.47 Å². The fourth-order valence-corrected chi connectivity index (χ4v) is 2.76. The van der Waals surface area contributed by atoms with Gasteiger partial charge in [-0.3, -0.25) is 4.90 Å². The fraction of sp³-hybridized carbons (Fsp3) is 0.750. The molecule has 0 radical (unpaired) electrons. The molecule has 0 aromatic carbocycles. The van der Waals surface area contributed by atoms with E-state index in [1.54, 1.807) is 18.4 Å². The van der Waals surface area contributed by atoms with Gasteiger partial charge in [0.15, 0.2) is 0 Å². The second-order valence-corrected chi connectivity index (χ2v) is 5.37. The second-order valence-electron chi connectivity index (χ2n) is 4.32. The molecule has 1 aromatic rings. The molecule has 102 valence electrons. The van der Waals surface area contributed by atoms with E-state index in [0.717, 1.165) is 56.8 Å². The summed E-state index contributed by atoms with van der Waals surface area (Å²) in [5.41, 5.74) is 1.07. The molecular weight excluding hydrogens is 250 g/mol. The number of hydrogen-bond donors (Lipinski definition) is 1. The summed E-state index contributed by atoms with van der Waals surface area (Å²) in [5, 5.41) is 4.21. The number of nitrogens with one attached hydrogen (secondary N) is 1. The first-order valence-electron chi connectivity index (χ1n) is 6.30. The van der Waals surface area contributed by atoms with Crippen molar-refractivity contribution in [2.45, 2.75) is 13.5 Å². The van der Waals surface area contributed by atoms with Gasteiger partial charge in [0.2, 0.25) is 0 Å². The van der Waals surface area contributed by atoms with Crippen molar-refractivity contribution in [1.29, 1.82) is 0 Å². The number of aryl methyl sites for hydroxylation is 1.